The molecule has 2 rings (SSSR count). The third-order valence-corrected chi connectivity index (χ3v) is 4.03. The second-order valence-electron chi connectivity index (χ2n) is 5.14. The predicted octanol–water partition coefficient (Wildman–Crippen LogP) is 3.38. The standard InChI is InChI=1S/C17H20BrNO3/c1-11(16(20)12-6-4-3-5-7-12)19-10-13-8-14(18)9-15(22-2)17(13)21/h3-9,11,16,19-21H,10H2,1-2H3. The van der Waals surface area contributed by atoms with Crippen molar-refractivity contribution >= 4 is 15.9 Å². The molecule has 2 aromatic rings. The number of methoxy groups -OCH3 is 1. The van der Waals surface area contributed by atoms with Crippen LogP contribution in [0.2, 0.25) is 0 Å². The van der Waals surface area contributed by atoms with Crippen LogP contribution in [0.4, 0.5) is 0 Å². The molecule has 0 amide bonds. The smallest absolute Gasteiger partial charge is 0.162 e. The fraction of sp³-hybridized carbons (Fsp3) is 0.294. The SMILES string of the molecule is COc1cc(Br)cc(CNC(C)C(O)c2ccccc2)c1O. The Morgan fingerprint density at radius 1 is 1.23 bits per heavy atom. The summed E-state index contributed by atoms with van der Waals surface area (Å²) in [4.78, 5) is 0. The van der Waals surface area contributed by atoms with Crippen LogP contribution in [-0.2, 0) is 6.54 Å². The van der Waals surface area contributed by atoms with Crippen LogP contribution in [-0.4, -0.2) is 23.4 Å². The summed E-state index contributed by atoms with van der Waals surface area (Å²) in [6, 6.07) is 12.9. The van der Waals surface area contributed by atoms with Crippen LogP contribution in [0.25, 0.3) is 0 Å². The lowest BCUT2D eigenvalue weighted by Crippen LogP contribution is -2.31. The number of ether oxygens (including phenoxy) is 1. The van der Waals surface area contributed by atoms with E-state index < -0.39 is 6.10 Å². The highest BCUT2D eigenvalue weighted by molar-refractivity contribution is 9.10. The van der Waals surface area contributed by atoms with Gasteiger partial charge in [-0.2, -0.15) is 0 Å². The molecule has 0 heterocycles. The van der Waals surface area contributed by atoms with Crippen molar-refractivity contribution in [2.45, 2.75) is 25.6 Å². The van der Waals surface area contributed by atoms with Gasteiger partial charge in [-0.15, -0.1) is 0 Å². The first-order chi connectivity index (χ1) is 10.5. The summed E-state index contributed by atoms with van der Waals surface area (Å²) in [7, 11) is 1.51. The first kappa shape index (κ1) is 16.8. The lowest BCUT2D eigenvalue weighted by atomic mass is 10.0. The number of aromatic hydroxyl groups is 1. The summed E-state index contributed by atoms with van der Waals surface area (Å²) < 4.78 is 5.96. The molecule has 0 saturated carbocycles. The van der Waals surface area contributed by atoms with Crippen molar-refractivity contribution in [3.63, 3.8) is 0 Å². The Kier molecular flexibility index (Phi) is 5.83. The lowest BCUT2D eigenvalue weighted by Gasteiger charge is -2.21. The van der Waals surface area contributed by atoms with Gasteiger partial charge in [0, 0.05) is 22.6 Å². The van der Waals surface area contributed by atoms with E-state index in [4.69, 9.17) is 4.74 Å². The van der Waals surface area contributed by atoms with Gasteiger partial charge in [-0.3, -0.25) is 0 Å². The van der Waals surface area contributed by atoms with Gasteiger partial charge in [0.15, 0.2) is 11.5 Å². The van der Waals surface area contributed by atoms with E-state index >= 15 is 0 Å². The maximum absolute atomic E-state index is 10.3. The summed E-state index contributed by atoms with van der Waals surface area (Å²) >= 11 is 3.39. The van der Waals surface area contributed by atoms with E-state index in [-0.39, 0.29) is 11.8 Å². The molecule has 4 nitrogen and oxygen atoms in total. The number of benzene rings is 2. The predicted molar refractivity (Wildman–Crippen MR) is 90.1 cm³/mol. The molecule has 118 valence electrons. The number of hydrogen-bond donors (Lipinski definition) is 3. The Morgan fingerprint density at radius 2 is 1.91 bits per heavy atom. The minimum Gasteiger partial charge on any atom is -0.504 e. The van der Waals surface area contributed by atoms with Crippen molar-refractivity contribution in [3.8, 4) is 11.5 Å². The number of hydrogen-bond acceptors (Lipinski definition) is 4. The Labute approximate surface area is 138 Å². The number of aliphatic hydroxyl groups excluding tert-OH is 1. The van der Waals surface area contributed by atoms with Crippen LogP contribution < -0.4 is 10.1 Å². The summed E-state index contributed by atoms with van der Waals surface area (Å²) in [6.07, 6.45) is -0.614. The van der Waals surface area contributed by atoms with E-state index in [0.29, 0.717) is 17.9 Å². The molecular weight excluding hydrogens is 346 g/mol. The van der Waals surface area contributed by atoms with Crippen LogP contribution in [0.5, 0.6) is 11.5 Å². The summed E-state index contributed by atoms with van der Waals surface area (Å²) in [6.45, 7) is 2.33. The van der Waals surface area contributed by atoms with Crippen LogP contribution in [0.3, 0.4) is 0 Å². The molecule has 0 radical (unpaired) electrons. The number of halogens is 1. The van der Waals surface area contributed by atoms with Crippen molar-refractivity contribution in [3.05, 3.63) is 58.1 Å². The first-order valence-electron chi connectivity index (χ1n) is 7.04. The Hall–Kier alpha value is -1.56. The van der Waals surface area contributed by atoms with Crippen molar-refractivity contribution in [1.29, 1.82) is 0 Å². The Morgan fingerprint density at radius 3 is 2.55 bits per heavy atom. The van der Waals surface area contributed by atoms with Crippen molar-refractivity contribution in [1.82, 2.24) is 5.32 Å². The summed E-state index contributed by atoms with van der Waals surface area (Å²) in [5.41, 5.74) is 1.57. The molecule has 2 atom stereocenters. The van der Waals surface area contributed by atoms with E-state index in [1.54, 1.807) is 6.07 Å². The highest BCUT2D eigenvalue weighted by atomic mass is 79.9. The van der Waals surface area contributed by atoms with Gasteiger partial charge in [0.2, 0.25) is 0 Å². The molecular formula is C17H20BrNO3. The molecule has 0 aromatic heterocycles. The molecule has 0 aliphatic heterocycles. The van der Waals surface area contributed by atoms with Gasteiger partial charge >= 0.3 is 0 Å². The normalized spacial score (nSPS) is 13.6. The van der Waals surface area contributed by atoms with E-state index in [1.165, 1.54) is 7.11 Å². The number of phenolic OH excluding ortho intramolecular Hbond substituents is 1. The van der Waals surface area contributed by atoms with Gasteiger partial charge in [0.05, 0.1) is 13.2 Å². The second-order valence-corrected chi connectivity index (χ2v) is 6.06. The topological polar surface area (TPSA) is 61.7 Å². The summed E-state index contributed by atoms with van der Waals surface area (Å²) in [5, 5.41) is 23.7. The molecule has 2 unspecified atom stereocenters. The average molecular weight is 366 g/mol. The second kappa shape index (κ2) is 7.63. The van der Waals surface area contributed by atoms with Gasteiger partial charge in [0.25, 0.3) is 0 Å². The molecule has 0 aliphatic carbocycles. The number of rotatable bonds is 6. The van der Waals surface area contributed by atoms with E-state index in [9.17, 15) is 10.2 Å². The van der Waals surface area contributed by atoms with Crippen LogP contribution in [0.15, 0.2) is 46.9 Å². The van der Waals surface area contributed by atoms with E-state index in [0.717, 1.165) is 10.0 Å². The van der Waals surface area contributed by atoms with Gasteiger partial charge in [0.1, 0.15) is 0 Å². The van der Waals surface area contributed by atoms with E-state index in [2.05, 4.69) is 21.2 Å². The van der Waals surface area contributed by atoms with Gasteiger partial charge in [-0.05, 0) is 24.6 Å². The van der Waals surface area contributed by atoms with E-state index in [1.807, 2.05) is 43.3 Å². The molecule has 2 aromatic carbocycles. The molecule has 0 bridgehead atoms. The molecule has 0 spiro atoms. The minimum atomic E-state index is -0.614. The zero-order chi connectivity index (χ0) is 16.1. The number of aliphatic hydroxyl groups is 1. The molecule has 22 heavy (non-hydrogen) atoms. The zero-order valence-corrected chi connectivity index (χ0v) is 14.2. The van der Waals surface area contributed by atoms with Crippen molar-refractivity contribution in [2.24, 2.45) is 0 Å². The van der Waals surface area contributed by atoms with Crippen molar-refractivity contribution < 1.29 is 14.9 Å². The van der Waals surface area contributed by atoms with Gasteiger partial charge in [-0.1, -0.05) is 46.3 Å². The average Bonchev–Trinajstić information content (AvgIpc) is 2.55. The number of phenols is 1. The van der Waals surface area contributed by atoms with Gasteiger partial charge in [-0.25, -0.2) is 0 Å². The third-order valence-electron chi connectivity index (χ3n) is 3.57. The molecule has 5 heteroatoms. The monoisotopic (exact) mass is 365 g/mol. The van der Waals surface area contributed by atoms with Crippen LogP contribution >= 0.6 is 15.9 Å². The van der Waals surface area contributed by atoms with Crippen LogP contribution in [0.1, 0.15) is 24.2 Å². The Balaban J connectivity index is 2.05. The molecule has 3 N–H and O–H groups in total. The minimum absolute atomic E-state index is 0.111. The fourth-order valence-electron chi connectivity index (χ4n) is 2.24. The first-order valence-corrected chi connectivity index (χ1v) is 7.84. The molecule has 0 fully saturated rings. The quantitative estimate of drug-likeness (QED) is 0.734. The van der Waals surface area contributed by atoms with Crippen molar-refractivity contribution in [2.75, 3.05) is 7.11 Å². The summed E-state index contributed by atoms with van der Waals surface area (Å²) in [5.74, 6) is 0.530. The van der Waals surface area contributed by atoms with Gasteiger partial charge < -0.3 is 20.3 Å². The maximum Gasteiger partial charge on any atom is 0.162 e. The maximum atomic E-state index is 10.3. The highest BCUT2D eigenvalue weighted by Gasteiger charge is 2.17. The number of nitrogens with one attached hydrogen (secondary N) is 1. The van der Waals surface area contributed by atoms with Crippen LogP contribution in [0, 0.1) is 0 Å². The molecule has 0 aliphatic rings. The highest BCUT2D eigenvalue weighted by Crippen LogP contribution is 2.33. The lowest BCUT2D eigenvalue weighted by molar-refractivity contribution is 0.135. The Bertz CT molecular complexity index is 619. The fourth-order valence-corrected chi connectivity index (χ4v) is 2.72. The largest absolute Gasteiger partial charge is 0.504 e. The molecule has 0 saturated heterocycles. The third kappa shape index (κ3) is 4.00. The zero-order valence-electron chi connectivity index (χ0n) is 12.6.